The number of halogens is 1. The molecule has 0 amide bonds. The minimum absolute atomic E-state index is 0.0266. The molecule has 2 N–H and O–H groups in total. The monoisotopic (exact) mass is 424 g/mol. The highest BCUT2D eigenvalue weighted by Gasteiger charge is 2.22. The molecule has 0 aromatic heterocycles. The van der Waals surface area contributed by atoms with Crippen LogP contribution in [0.15, 0.2) is 47.4 Å². The van der Waals surface area contributed by atoms with Gasteiger partial charge < -0.3 is 10.1 Å². The molecule has 0 radical (unpaired) electrons. The second kappa shape index (κ2) is 9.30. The highest BCUT2D eigenvalue weighted by molar-refractivity contribution is 7.92. The van der Waals surface area contributed by atoms with Crippen molar-refractivity contribution in [3.8, 4) is 0 Å². The van der Waals surface area contributed by atoms with Crippen molar-refractivity contribution in [2.75, 3.05) is 16.6 Å². The molecule has 0 spiro atoms. The first kappa shape index (κ1) is 22.0. The predicted octanol–water partition coefficient (Wildman–Crippen LogP) is 4.77. The van der Waals surface area contributed by atoms with E-state index in [0.29, 0.717) is 28.9 Å². The van der Waals surface area contributed by atoms with Crippen LogP contribution in [0, 0.1) is 5.92 Å². The van der Waals surface area contributed by atoms with Gasteiger partial charge in [0, 0.05) is 17.3 Å². The molecule has 152 valence electrons. The van der Waals surface area contributed by atoms with E-state index in [-0.39, 0.29) is 16.6 Å². The molecule has 0 unspecified atom stereocenters. The van der Waals surface area contributed by atoms with Gasteiger partial charge >= 0.3 is 5.97 Å². The van der Waals surface area contributed by atoms with Gasteiger partial charge in [0.1, 0.15) is 4.90 Å². The van der Waals surface area contributed by atoms with Gasteiger partial charge in [-0.25, -0.2) is 13.2 Å². The van der Waals surface area contributed by atoms with Crippen molar-refractivity contribution < 1.29 is 17.9 Å². The van der Waals surface area contributed by atoms with Crippen LogP contribution in [0.2, 0.25) is 5.02 Å². The SMILES string of the molecule is CC(C)CNc1ccc(C(=O)OC(C)C)cc1S(=O)(=O)Nc1ccc(Cl)cc1. The minimum atomic E-state index is -3.95. The Morgan fingerprint density at radius 3 is 2.29 bits per heavy atom. The molecule has 0 atom stereocenters. The first-order valence-electron chi connectivity index (χ1n) is 8.96. The number of benzene rings is 2. The predicted molar refractivity (Wildman–Crippen MR) is 113 cm³/mol. The molecule has 0 bridgehead atoms. The van der Waals surface area contributed by atoms with E-state index >= 15 is 0 Å². The van der Waals surface area contributed by atoms with Crippen molar-refractivity contribution >= 4 is 39.0 Å². The second-order valence-electron chi connectivity index (χ2n) is 7.05. The van der Waals surface area contributed by atoms with Crippen molar-refractivity contribution in [1.29, 1.82) is 0 Å². The normalized spacial score (nSPS) is 11.5. The van der Waals surface area contributed by atoms with Crippen molar-refractivity contribution in [2.45, 2.75) is 38.7 Å². The van der Waals surface area contributed by atoms with Crippen LogP contribution in [-0.2, 0) is 14.8 Å². The van der Waals surface area contributed by atoms with Crippen LogP contribution in [0.4, 0.5) is 11.4 Å². The number of carbonyl (C=O) groups is 1. The Kier molecular flexibility index (Phi) is 7.32. The molecule has 0 aliphatic heterocycles. The Labute approximate surface area is 171 Å². The second-order valence-corrected chi connectivity index (χ2v) is 9.14. The number of nitrogens with one attached hydrogen (secondary N) is 2. The molecule has 0 heterocycles. The van der Waals surface area contributed by atoms with Gasteiger partial charge in [0.05, 0.1) is 17.4 Å². The average Bonchev–Trinajstić information content (AvgIpc) is 2.61. The fourth-order valence-corrected chi connectivity index (χ4v) is 3.74. The molecule has 2 aromatic rings. The number of anilines is 2. The van der Waals surface area contributed by atoms with Crippen LogP contribution < -0.4 is 10.0 Å². The number of rotatable bonds is 8. The molecule has 0 fully saturated rings. The van der Waals surface area contributed by atoms with Gasteiger partial charge in [0.2, 0.25) is 0 Å². The molecule has 28 heavy (non-hydrogen) atoms. The van der Waals surface area contributed by atoms with Crippen LogP contribution in [-0.4, -0.2) is 27.0 Å². The lowest BCUT2D eigenvalue weighted by atomic mass is 10.2. The first-order chi connectivity index (χ1) is 13.1. The quantitative estimate of drug-likeness (QED) is 0.596. The van der Waals surface area contributed by atoms with E-state index in [1.165, 1.54) is 6.07 Å². The summed E-state index contributed by atoms with van der Waals surface area (Å²) in [7, 11) is -3.95. The number of sulfonamides is 1. The molecule has 0 saturated heterocycles. The Hall–Kier alpha value is -2.25. The summed E-state index contributed by atoms with van der Waals surface area (Å²) in [5.74, 6) is -0.265. The molecule has 8 heteroatoms. The van der Waals surface area contributed by atoms with Crippen molar-refractivity contribution in [3.63, 3.8) is 0 Å². The van der Waals surface area contributed by atoms with Gasteiger partial charge in [-0.2, -0.15) is 0 Å². The third kappa shape index (κ3) is 6.14. The van der Waals surface area contributed by atoms with E-state index in [4.69, 9.17) is 16.3 Å². The molecule has 0 aliphatic rings. The number of hydrogen-bond acceptors (Lipinski definition) is 5. The lowest BCUT2D eigenvalue weighted by molar-refractivity contribution is 0.0377. The van der Waals surface area contributed by atoms with Crippen molar-refractivity contribution in [1.82, 2.24) is 0 Å². The number of esters is 1. The smallest absolute Gasteiger partial charge is 0.338 e. The van der Waals surface area contributed by atoms with Crippen LogP contribution in [0.5, 0.6) is 0 Å². The number of carbonyl (C=O) groups excluding carboxylic acids is 1. The Bertz CT molecular complexity index is 926. The maximum absolute atomic E-state index is 13.0. The summed E-state index contributed by atoms with van der Waals surface area (Å²) < 4.78 is 33.7. The molecule has 6 nitrogen and oxygen atoms in total. The Morgan fingerprint density at radius 2 is 1.71 bits per heavy atom. The summed E-state index contributed by atoms with van der Waals surface area (Å²) in [4.78, 5) is 12.2. The van der Waals surface area contributed by atoms with E-state index in [9.17, 15) is 13.2 Å². The summed E-state index contributed by atoms with van der Waals surface area (Å²) in [6.45, 7) is 8.08. The van der Waals surface area contributed by atoms with E-state index < -0.39 is 16.0 Å². The Balaban J connectivity index is 2.43. The maximum Gasteiger partial charge on any atom is 0.338 e. The topological polar surface area (TPSA) is 84.5 Å². The molecule has 2 aromatic carbocycles. The van der Waals surface area contributed by atoms with E-state index in [2.05, 4.69) is 10.0 Å². The van der Waals surface area contributed by atoms with Gasteiger partial charge in [-0.05, 0) is 62.2 Å². The van der Waals surface area contributed by atoms with Crippen molar-refractivity contribution in [3.05, 3.63) is 53.1 Å². The lowest BCUT2D eigenvalue weighted by Gasteiger charge is -2.17. The first-order valence-corrected chi connectivity index (χ1v) is 10.8. The van der Waals surface area contributed by atoms with Gasteiger partial charge in [-0.15, -0.1) is 0 Å². The largest absolute Gasteiger partial charge is 0.459 e. The van der Waals surface area contributed by atoms with Crippen LogP contribution in [0.25, 0.3) is 0 Å². The fraction of sp³-hybridized carbons (Fsp3) is 0.350. The Morgan fingerprint density at radius 1 is 1.07 bits per heavy atom. The minimum Gasteiger partial charge on any atom is -0.459 e. The van der Waals surface area contributed by atoms with Crippen LogP contribution in [0.1, 0.15) is 38.1 Å². The molecule has 0 aliphatic carbocycles. The standard InChI is InChI=1S/C20H25ClN2O4S/c1-13(2)12-22-18-10-5-15(20(24)27-14(3)4)11-19(18)28(25,26)23-17-8-6-16(21)7-9-17/h5-11,13-14,22-23H,12H2,1-4H3. The third-order valence-corrected chi connectivity index (χ3v) is 5.32. The van der Waals surface area contributed by atoms with Crippen LogP contribution in [0.3, 0.4) is 0 Å². The van der Waals surface area contributed by atoms with E-state index in [1.54, 1.807) is 50.2 Å². The zero-order valence-electron chi connectivity index (χ0n) is 16.3. The van der Waals surface area contributed by atoms with Crippen LogP contribution >= 0.6 is 11.6 Å². The molecule has 0 saturated carbocycles. The van der Waals surface area contributed by atoms with Gasteiger partial charge in [-0.1, -0.05) is 25.4 Å². The molecule has 2 rings (SSSR count). The zero-order valence-corrected chi connectivity index (χ0v) is 17.9. The molecular formula is C20H25ClN2O4S. The zero-order chi connectivity index (χ0) is 20.9. The average molecular weight is 425 g/mol. The maximum atomic E-state index is 13.0. The lowest BCUT2D eigenvalue weighted by Crippen LogP contribution is -2.19. The van der Waals surface area contributed by atoms with E-state index in [0.717, 1.165) is 0 Å². The number of hydrogen-bond donors (Lipinski definition) is 2. The van der Waals surface area contributed by atoms with Gasteiger partial charge in [0.25, 0.3) is 10.0 Å². The fourth-order valence-electron chi connectivity index (χ4n) is 2.34. The highest BCUT2D eigenvalue weighted by Crippen LogP contribution is 2.26. The summed E-state index contributed by atoms with van der Waals surface area (Å²) in [5, 5.41) is 3.63. The summed E-state index contributed by atoms with van der Waals surface area (Å²) in [6, 6.07) is 10.8. The van der Waals surface area contributed by atoms with Gasteiger partial charge in [-0.3, -0.25) is 4.72 Å². The summed E-state index contributed by atoms with van der Waals surface area (Å²) >= 11 is 5.85. The highest BCUT2D eigenvalue weighted by atomic mass is 35.5. The third-order valence-electron chi connectivity index (χ3n) is 3.65. The van der Waals surface area contributed by atoms with Crippen molar-refractivity contribution in [2.24, 2.45) is 5.92 Å². The van der Waals surface area contributed by atoms with E-state index in [1.807, 2.05) is 13.8 Å². The number of ether oxygens (including phenoxy) is 1. The summed E-state index contributed by atoms with van der Waals surface area (Å²) in [6.07, 6.45) is -0.307. The van der Waals surface area contributed by atoms with Gasteiger partial charge in [0.15, 0.2) is 0 Å². The summed E-state index contributed by atoms with van der Waals surface area (Å²) in [5.41, 5.74) is 0.950. The molecular weight excluding hydrogens is 400 g/mol.